The van der Waals surface area contributed by atoms with Gasteiger partial charge < -0.3 is 0 Å². The summed E-state index contributed by atoms with van der Waals surface area (Å²) in [5, 5.41) is 0. The van der Waals surface area contributed by atoms with E-state index in [2.05, 4.69) is 51.5 Å². The minimum absolute atomic E-state index is 0.0776. The first-order valence-electron chi connectivity index (χ1n) is 5.04. The molecule has 0 bridgehead atoms. The number of rotatable bonds is 0. The van der Waals surface area contributed by atoms with Gasteiger partial charge in [-0.05, 0) is 0 Å². The van der Waals surface area contributed by atoms with Crippen LogP contribution in [0.5, 0.6) is 0 Å². The minimum atomic E-state index is 0.0776. The molecule has 0 aliphatic carbocycles. The average molecular weight is 192 g/mol. The molecule has 0 aliphatic rings. The van der Waals surface area contributed by atoms with Gasteiger partial charge in [0.2, 0.25) is 0 Å². The van der Waals surface area contributed by atoms with Crippen molar-refractivity contribution in [1.29, 1.82) is 0 Å². The molecular weight excluding hydrogens is 172 g/mol. The normalized spacial score (nSPS) is 13.0. The molecular formula is C12H20N2. The van der Waals surface area contributed by atoms with Crippen LogP contribution in [0.1, 0.15) is 52.9 Å². The van der Waals surface area contributed by atoms with Gasteiger partial charge in [-0.1, -0.05) is 41.5 Å². The summed E-state index contributed by atoms with van der Waals surface area (Å²) >= 11 is 0. The summed E-state index contributed by atoms with van der Waals surface area (Å²) in [6, 6.07) is 0. The van der Waals surface area contributed by atoms with Gasteiger partial charge in [-0.2, -0.15) is 0 Å². The highest BCUT2D eigenvalue weighted by Crippen LogP contribution is 2.23. The van der Waals surface area contributed by atoms with Gasteiger partial charge in [-0.15, -0.1) is 0 Å². The molecule has 0 atom stereocenters. The van der Waals surface area contributed by atoms with Crippen LogP contribution in [0.3, 0.4) is 0 Å². The zero-order chi connectivity index (χ0) is 11.0. The Morgan fingerprint density at radius 2 is 1.14 bits per heavy atom. The van der Waals surface area contributed by atoms with Crippen molar-refractivity contribution >= 4 is 0 Å². The molecule has 0 saturated carbocycles. The molecule has 1 aromatic rings. The van der Waals surface area contributed by atoms with Crippen LogP contribution in [0.2, 0.25) is 0 Å². The van der Waals surface area contributed by atoms with E-state index in [4.69, 9.17) is 0 Å². The highest BCUT2D eigenvalue weighted by Gasteiger charge is 2.20. The Kier molecular flexibility index (Phi) is 2.66. The van der Waals surface area contributed by atoms with Crippen molar-refractivity contribution in [3.05, 3.63) is 23.8 Å². The zero-order valence-corrected chi connectivity index (χ0v) is 10.0. The number of hydrogen-bond donors (Lipinski definition) is 0. The second kappa shape index (κ2) is 3.34. The number of hydrogen-bond acceptors (Lipinski definition) is 2. The van der Waals surface area contributed by atoms with E-state index in [1.54, 1.807) is 0 Å². The fraction of sp³-hybridized carbons (Fsp3) is 0.667. The highest BCUT2D eigenvalue weighted by molar-refractivity contribution is 5.16. The first-order chi connectivity index (χ1) is 6.21. The number of aromatic nitrogens is 2. The monoisotopic (exact) mass is 192 g/mol. The van der Waals surface area contributed by atoms with Crippen LogP contribution >= 0.6 is 0 Å². The van der Waals surface area contributed by atoms with Gasteiger partial charge in [0, 0.05) is 23.2 Å². The lowest BCUT2D eigenvalue weighted by Gasteiger charge is -2.22. The third-order valence-electron chi connectivity index (χ3n) is 2.17. The third-order valence-corrected chi connectivity index (χ3v) is 2.17. The summed E-state index contributed by atoms with van der Waals surface area (Å²) in [6.45, 7) is 12.9. The van der Waals surface area contributed by atoms with E-state index in [1.165, 1.54) is 0 Å². The van der Waals surface area contributed by atoms with Crippen LogP contribution in [-0.4, -0.2) is 9.97 Å². The molecule has 0 spiro atoms. The van der Waals surface area contributed by atoms with E-state index in [0.29, 0.717) is 0 Å². The summed E-state index contributed by atoms with van der Waals surface area (Å²) in [4.78, 5) is 8.91. The van der Waals surface area contributed by atoms with Crippen LogP contribution in [0.25, 0.3) is 0 Å². The van der Waals surface area contributed by atoms with Crippen molar-refractivity contribution in [3.8, 4) is 0 Å². The lowest BCUT2D eigenvalue weighted by Crippen LogP contribution is -2.20. The quantitative estimate of drug-likeness (QED) is 0.631. The molecule has 2 nitrogen and oxygen atoms in total. The van der Waals surface area contributed by atoms with Crippen molar-refractivity contribution in [2.24, 2.45) is 0 Å². The Morgan fingerprint density at radius 1 is 0.786 bits per heavy atom. The molecule has 0 aliphatic heterocycles. The Labute approximate surface area is 86.8 Å². The second-order valence-corrected chi connectivity index (χ2v) is 5.79. The van der Waals surface area contributed by atoms with Gasteiger partial charge in [-0.25, -0.2) is 0 Å². The van der Waals surface area contributed by atoms with E-state index in [1.807, 2.05) is 12.4 Å². The third kappa shape index (κ3) is 2.53. The largest absolute Gasteiger partial charge is 0.261 e. The summed E-state index contributed by atoms with van der Waals surface area (Å²) in [5.41, 5.74) is 2.28. The van der Waals surface area contributed by atoms with Gasteiger partial charge in [0.15, 0.2) is 0 Å². The van der Waals surface area contributed by atoms with Crippen LogP contribution in [0.15, 0.2) is 12.4 Å². The molecule has 1 rings (SSSR count). The Hall–Kier alpha value is -0.920. The molecule has 0 radical (unpaired) electrons. The molecule has 14 heavy (non-hydrogen) atoms. The maximum Gasteiger partial charge on any atom is 0.0643 e. The zero-order valence-electron chi connectivity index (χ0n) is 10.0. The molecule has 0 saturated heterocycles. The van der Waals surface area contributed by atoms with Crippen molar-refractivity contribution < 1.29 is 0 Å². The second-order valence-electron chi connectivity index (χ2n) is 5.79. The molecule has 0 N–H and O–H groups in total. The lowest BCUT2D eigenvalue weighted by atomic mass is 9.89. The molecule has 0 aromatic carbocycles. The standard InChI is InChI=1S/C12H20N2/c1-11(2,3)9-7-13-8-10(14-9)12(4,5)6/h7-8H,1-6H3. The predicted molar refractivity (Wildman–Crippen MR) is 59.4 cm³/mol. The van der Waals surface area contributed by atoms with E-state index in [9.17, 15) is 0 Å². The molecule has 1 heterocycles. The van der Waals surface area contributed by atoms with E-state index in [0.717, 1.165) is 11.4 Å². The van der Waals surface area contributed by atoms with Gasteiger partial charge in [-0.3, -0.25) is 9.97 Å². The van der Waals surface area contributed by atoms with E-state index in [-0.39, 0.29) is 10.8 Å². The van der Waals surface area contributed by atoms with Crippen molar-refractivity contribution in [1.82, 2.24) is 9.97 Å². The smallest absolute Gasteiger partial charge is 0.0643 e. The fourth-order valence-electron chi connectivity index (χ4n) is 1.09. The summed E-state index contributed by atoms with van der Waals surface area (Å²) in [6.07, 6.45) is 3.71. The predicted octanol–water partition coefficient (Wildman–Crippen LogP) is 3.07. The topological polar surface area (TPSA) is 25.8 Å². The van der Waals surface area contributed by atoms with Crippen LogP contribution in [0.4, 0.5) is 0 Å². The molecule has 2 heteroatoms. The summed E-state index contributed by atoms with van der Waals surface area (Å²) < 4.78 is 0. The van der Waals surface area contributed by atoms with Crippen molar-refractivity contribution in [3.63, 3.8) is 0 Å². The maximum absolute atomic E-state index is 4.65. The van der Waals surface area contributed by atoms with Crippen molar-refractivity contribution in [2.45, 2.75) is 52.4 Å². The number of nitrogens with zero attached hydrogens (tertiary/aromatic N) is 2. The first kappa shape index (κ1) is 11.2. The Bertz CT molecular complexity index is 287. The molecule has 0 amide bonds. The molecule has 1 aromatic heterocycles. The molecule has 0 fully saturated rings. The lowest BCUT2D eigenvalue weighted by molar-refractivity contribution is 0.525. The van der Waals surface area contributed by atoms with Crippen LogP contribution in [0, 0.1) is 0 Å². The van der Waals surface area contributed by atoms with Gasteiger partial charge >= 0.3 is 0 Å². The Balaban J connectivity index is 3.15. The van der Waals surface area contributed by atoms with E-state index < -0.39 is 0 Å². The summed E-state index contributed by atoms with van der Waals surface area (Å²) in [7, 11) is 0. The van der Waals surface area contributed by atoms with E-state index >= 15 is 0 Å². The first-order valence-corrected chi connectivity index (χ1v) is 5.04. The highest BCUT2D eigenvalue weighted by atomic mass is 14.8. The minimum Gasteiger partial charge on any atom is -0.261 e. The Morgan fingerprint density at radius 3 is 1.43 bits per heavy atom. The van der Waals surface area contributed by atoms with Gasteiger partial charge in [0.05, 0.1) is 11.4 Å². The van der Waals surface area contributed by atoms with Crippen LogP contribution in [-0.2, 0) is 10.8 Å². The average Bonchev–Trinajstić information content (AvgIpc) is 2.01. The molecule has 78 valence electrons. The van der Waals surface area contributed by atoms with Gasteiger partial charge in [0.25, 0.3) is 0 Å². The summed E-state index contributed by atoms with van der Waals surface area (Å²) in [5.74, 6) is 0. The van der Waals surface area contributed by atoms with Crippen molar-refractivity contribution in [2.75, 3.05) is 0 Å². The fourth-order valence-corrected chi connectivity index (χ4v) is 1.09. The SMILES string of the molecule is CC(C)(C)c1cncc(C(C)(C)C)n1. The molecule has 0 unspecified atom stereocenters. The maximum atomic E-state index is 4.65. The van der Waals surface area contributed by atoms with Crippen LogP contribution < -0.4 is 0 Å². The van der Waals surface area contributed by atoms with Gasteiger partial charge in [0.1, 0.15) is 0 Å².